The highest BCUT2D eigenvalue weighted by Crippen LogP contribution is 2.44. The number of ether oxygens (including phenoxy) is 1. The lowest BCUT2D eigenvalue weighted by molar-refractivity contribution is 0.210. The number of nitriles is 1. The fourth-order valence-corrected chi connectivity index (χ4v) is 5.41. The van der Waals surface area contributed by atoms with E-state index in [0.717, 1.165) is 12.0 Å². The first-order valence-corrected chi connectivity index (χ1v) is 13.4. The van der Waals surface area contributed by atoms with Crippen LogP contribution in [0, 0.1) is 22.6 Å². The highest BCUT2D eigenvalue weighted by molar-refractivity contribution is 7.98. The largest absolute Gasteiger partial charge is 0.453 e. The molecule has 2 fully saturated rings. The van der Waals surface area contributed by atoms with Crippen molar-refractivity contribution in [2.45, 2.75) is 45.4 Å². The lowest BCUT2D eigenvalue weighted by atomic mass is 9.78. The van der Waals surface area contributed by atoms with Gasteiger partial charge in [-0.05, 0) is 81.6 Å². The van der Waals surface area contributed by atoms with Gasteiger partial charge in [0.15, 0.2) is 11.6 Å². The molecule has 0 radical (unpaired) electrons. The second-order valence-corrected chi connectivity index (χ2v) is 10.5. The Kier molecular flexibility index (Phi) is 9.03. The van der Waals surface area contributed by atoms with Crippen molar-refractivity contribution in [2.24, 2.45) is 5.41 Å². The predicted octanol–water partition coefficient (Wildman–Crippen LogP) is 5.58. The molecule has 5 rings (SSSR count). The van der Waals surface area contributed by atoms with E-state index in [2.05, 4.69) is 20.0 Å². The highest BCUT2D eigenvalue weighted by atomic mass is 32.2. The van der Waals surface area contributed by atoms with Crippen LogP contribution in [0.15, 0.2) is 41.5 Å². The number of H-pyrrole nitrogens is 1. The maximum absolute atomic E-state index is 14.4. The summed E-state index contributed by atoms with van der Waals surface area (Å²) in [6.07, 6.45) is 10.3. The summed E-state index contributed by atoms with van der Waals surface area (Å²) in [6, 6.07) is 9.30. The molecule has 0 amide bonds. The number of piperidine rings is 1. The van der Waals surface area contributed by atoms with E-state index in [0.29, 0.717) is 16.6 Å². The van der Waals surface area contributed by atoms with Crippen LogP contribution < -0.4 is 20.3 Å². The van der Waals surface area contributed by atoms with Gasteiger partial charge in [0, 0.05) is 18.7 Å². The molecule has 0 bridgehead atoms. The zero-order valence-electron chi connectivity index (χ0n) is 21.3. The molecule has 1 saturated heterocycles. The molecule has 2 heterocycles. The van der Waals surface area contributed by atoms with Crippen LogP contribution in [-0.2, 0) is 0 Å². The van der Waals surface area contributed by atoms with E-state index in [4.69, 9.17) is 4.74 Å². The Morgan fingerprint density at radius 3 is 2.68 bits per heavy atom. The van der Waals surface area contributed by atoms with Crippen molar-refractivity contribution in [3.63, 3.8) is 0 Å². The van der Waals surface area contributed by atoms with Gasteiger partial charge in [-0.15, -0.1) is 0 Å². The third kappa shape index (κ3) is 6.60. The molecule has 1 spiro atoms. The molecule has 1 aliphatic heterocycles. The van der Waals surface area contributed by atoms with Crippen molar-refractivity contribution in [2.75, 3.05) is 31.4 Å². The second-order valence-electron chi connectivity index (χ2n) is 9.52. The highest BCUT2D eigenvalue weighted by Gasteiger charge is 2.34. The normalized spacial score (nSPS) is 16.3. The van der Waals surface area contributed by atoms with Crippen LogP contribution in [0.5, 0.6) is 11.5 Å². The van der Waals surface area contributed by atoms with Gasteiger partial charge in [-0.2, -0.15) is 5.26 Å². The summed E-state index contributed by atoms with van der Waals surface area (Å²) >= 11 is 1.28. The molecule has 196 valence electrons. The van der Waals surface area contributed by atoms with Crippen LogP contribution in [0.3, 0.4) is 0 Å². The van der Waals surface area contributed by atoms with Gasteiger partial charge in [0.1, 0.15) is 17.4 Å². The Bertz CT molecular complexity index is 1310. The van der Waals surface area contributed by atoms with Gasteiger partial charge in [0.05, 0.1) is 22.9 Å². The van der Waals surface area contributed by atoms with E-state index < -0.39 is 5.82 Å². The fraction of sp³-hybridized carbons (Fsp3) is 0.444. The molecule has 0 unspecified atom stereocenters. The Hall–Kier alpha value is -3.13. The number of nitrogens with zero attached hydrogens (tertiary/aromatic N) is 3. The third-order valence-electron chi connectivity index (χ3n) is 7.14. The SMILES string of the molecule is C1CCC2(C1)CCNCC2.CCN(C)SNc1ccc(F)c(Oc2ccc3nc[nH]c(=O)c3c2)c1C#N. The van der Waals surface area contributed by atoms with Crippen LogP contribution in [0.1, 0.15) is 51.0 Å². The summed E-state index contributed by atoms with van der Waals surface area (Å²) in [7, 11) is 1.88. The van der Waals surface area contributed by atoms with Gasteiger partial charge in [-0.1, -0.05) is 19.8 Å². The van der Waals surface area contributed by atoms with E-state index in [9.17, 15) is 14.4 Å². The first kappa shape index (κ1) is 26.9. The van der Waals surface area contributed by atoms with E-state index in [1.807, 2.05) is 24.3 Å². The zero-order valence-corrected chi connectivity index (χ0v) is 22.1. The molecule has 37 heavy (non-hydrogen) atoms. The molecule has 1 aromatic heterocycles. The number of nitrogens with one attached hydrogen (secondary N) is 3. The molecular formula is C27H33FN6O2S. The van der Waals surface area contributed by atoms with E-state index in [1.54, 1.807) is 12.1 Å². The lowest BCUT2D eigenvalue weighted by Crippen LogP contribution is -2.34. The molecule has 8 nitrogen and oxygen atoms in total. The van der Waals surface area contributed by atoms with Crippen LogP contribution in [0.4, 0.5) is 10.1 Å². The van der Waals surface area contributed by atoms with E-state index in [1.165, 1.54) is 88.3 Å². The van der Waals surface area contributed by atoms with Crippen molar-refractivity contribution < 1.29 is 9.13 Å². The van der Waals surface area contributed by atoms with Crippen molar-refractivity contribution in [1.29, 1.82) is 5.26 Å². The predicted molar refractivity (Wildman–Crippen MR) is 146 cm³/mol. The molecule has 3 N–H and O–H groups in total. The smallest absolute Gasteiger partial charge is 0.258 e. The summed E-state index contributed by atoms with van der Waals surface area (Å²) in [5.74, 6) is -0.653. The minimum absolute atomic E-state index is 0.0344. The Morgan fingerprint density at radius 2 is 1.97 bits per heavy atom. The number of benzene rings is 2. The number of aromatic amines is 1. The number of aromatic nitrogens is 2. The average Bonchev–Trinajstić information content (AvgIpc) is 3.37. The van der Waals surface area contributed by atoms with Crippen molar-refractivity contribution in [3.8, 4) is 17.6 Å². The number of anilines is 1. The molecule has 10 heteroatoms. The topological polar surface area (TPSA) is 106 Å². The third-order valence-corrected chi connectivity index (χ3v) is 8.02. The Balaban J connectivity index is 0.000000265. The van der Waals surface area contributed by atoms with Crippen molar-refractivity contribution in [1.82, 2.24) is 19.6 Å². The van der Waals surface area contributed by atoms with E-state index >= 15 is 0 Å². The molecule has 2 aliphatic rings. The summed E-state index contributed by atoms with van der Waals surface area (Å²) in [5, 5.41) is 13.3. The van der Waals surface area contributed by atoms with Crippen molar-refractivity contribution in [3.05, 3.63) is 58.4 Å². The summed E-state index contributed by atoms with van der Waals surface area (Å²) < 4.78 is 24.9. The minimum atomic E-state index is -0.675. The molecule has 0 atom stereocenters. The maximum Gasteiger partial charge on any atom is 0.258 e. The summed E-state index contributed by atoms with van der Waals surface area (Å²) in [6.45, 7) is 5.32. The number of halogens is 1. The van der Waals surface area contributed by atoms with Gasteiger partial charge >= 0.3 is 0 Å². The maximum atomic E-state index is 14.4. The van der Waals surface area contributed by atoms with E-state index in [-0.39, 0.29) is 22.6 Å². The van der Waals surface area contributed by atoms with Gasteiger partial charge in [-0.25, -0.2) is 13.7 Å². The van der Waals surface area contributed by atoms with Crippen LogP contribution in [-0.4, -0.2) is 41.0 Å². The number of rotatable bonds is 6. The number of hydrogen-bond acceptors (Lipinski definition) is 8. The minimum Gasteiger partial charge on any atom is -0.453 e. The van der Waals surface area contributed by atoms with Crippen LogP contribution in [0.2, 0.25) is 0 Å². The Morgan fingerprint density at radius 1 is 1.22 bits per heavy atom. The zero-order chi connectivity index (χ0) is 26.3. The van der Waals surface area contributed by atoms with Crippen LogP contribution in [0.25, 0.3) is 10.9 Å². The molecular weight excluding hydrogens is 491 g/mol. The first-order valence-electron chi connectivity index (χ1n) is 12.7. The first-order chi connectivity index (χ1) is 17.9. The molecule has 3 aromatic rings. The molecule has 1 saturated carbocycles. The summed E-state index contributed by atoms with van der Waals surface area (Å²) in [5.41, 5.74) is 1.43. The van der Waals surface area contributed by atoms with Gasteiger partial charge < -0.3 is 19.8 Å². The standard InChI is InChI=1S/C18H16FN5O2S.C9H17N/c1-3-24(2)27-23-16-7-5-14(19)17(13(16)9-20)26-11-4-6-15-12(8-11)18(25)22-10-21-15;1-2-4-9(3-1)5-7-10-8-6-9/h4-8,10,23H,3H2,1-2H3,(H,21,22,25);10H,1-8H2. The quantitative estimate of drug-likeness (QED) is 0.359. The molecule has 2 aromatic carbocycles. The second kappa shape index (κ2) is 12.4. The lowest BCUT2D eigenvalue weighted by Gasteiger charge is -2.33. The average molecular weight is 525 g/mol. The van der Waals surface area contributed by atoms with Gasteiger partial charge in [0.25, 0.3) is 5.56 Å². The van der Waals surface area contributed by atoms with Gasteiger partial charge in [-0.3, -0.25) is 4.79 Å². The fourth-order valence-electron chi connectivity index (χ4n) is 4.86. The summed E-state index contributed by atoms with van der Waals surface area (Å²) in [4.78, 5) is 18.4. The molecule has 1 aliphatic carbocycles. The monoisotopic (exact) mass is 524 g/mol. The number of fused-ring (bicyclic) bond motifs is 1. The Labute approximate surface area is 220 Å². The van der Waals surface area contributed by atoms with Gasteiger partial charge in [0.2, 0.25) is 0 Å². The van der Waals surface area contributed by atoms with Crippen LogP contribution >= 0.6 is 12.1 Å². The number of hydrogen-bond donors (Lipinski definition) is 3. The van der Waals surface area contributed by atoms with Crippen molar-refractivity contribution >= 4 is 28.7 Å².